The Hall–Kier alpha value is -1.67. The lowest BCUT2D eigenvalue weighted by atomic mass is 10.0. The van der Waals surface area contributed by atoms with Crippen LogP contribution in [0.25, 0.3) is 5.57 Å². The molecule has 41 heavy (non-hydrogen) atoms. The smallest absolute Gasteiger partial charge is 0.475 e. The molecule has 8 heteroatoms. The number of quaternary nitrogens is 1. The zero-order chi connectivity index (χ0) is 29.6. The fourth-order valence-corrected chi connectivity index (χ4v) is 6.26. The minimum Gasteiger partial charge on any atom is -0.475 e. The summed E-state index contributed by atoms with van der Waals surface area (Å²) in [5.74, 6) is 0.636. The molecule has 1 aliphatic heterocycles. The molecular formula is C33H60N3O4S+. The van der Waals surface area contributed by atoms with Crippen LogP contribution in [0, 0.1) is 0 Å². The van der Waals surface area contributed by atoms with Crippen molar-refractivity contribution in [3.63, 3.8) is 0 Å². The van der Waals surface area contributed by atoms with E-state index >= 15 is 0 Å². The Kier molecular flexibility index (Phi) is 19.0. The van der Waals surface area contributed by atoms with Crippen molar-refractivity contribution < 1.29 is 23.5 Å². The summed E-state index contributed by atoms with van der Waals surface area (Å²) in [4.78, 5) is 12.6. The van der Waals surface area contributed by atoms with E-state index in [-0.39, 0.29) is 6.23 Å². The standard InChI is InChI=1S/C33H60N3O4S/c1-5-8-10-12-13-14-15-16-17-18-19-20-22-27-39-33(37)40-30(7-3)36(4)25-23-24-29(28-36)31-32(35-41-34-31)38-26-21-11-9-6-2/h24,30H,5-23,25-28H2,1-4H3/q+1. The van der Waals surface area contributed by atoms with Gasteiger partial charge in [-0.25, -0.2) is 4.79 Å². The van der Waals surface area contributed by atoms with Crippen molar-refractivity contribution in [1.29, 1.82) is 0 Å². The first-order valence-electron chi connectivity index (χ1n) is 16.9. The third-order valence-electron chi connectivity index (χ3n) is 8.31. The number of carbonyl (C=O) groups excluding carboxylic acids is 1. The summed E-state index contributed by atoms with van der Waals surface area (Å²) >= 11 is 1.20. The Balaban J connectivity index is 1.64. The lowest BCUT2D eigenvalue weighted by Gasteiger charge is -2.42. The molecule has 0 N–H and O–H groups in total. The molecule has 7 nitrogen and oxygen atoms in total. The minimum absolute atomic E-state index is 0.261. The lowest BCUT2D eigenvalue weighted by Crippen LogP contribution is -2.56. The summed E-state index contributed by atoms with van der Waals surface area (Å²) in [6.07, 6.45) is 24.6. The van der Waals surface area contributed by atoms with Crippen molar-refractivity contribution in [3.8, 4) is 5.88 Å². The van der Waals surface area contributed by atoms with Crippen molar-refractivity contribution in [2.24, 2.45) is 0 Å². The second-order valence-electron chi connectivity index (χ2n) is 12.0. The highest BCUT2D eigenvalue weighted by atomic mass is 32.1. The van der Waals surface area contributed by atoms with Gasteiger partial charge in [0.2, 0.25) is 6.23 Å². The first kappa shape index (κ1) is 35.5. The van der Waals surface area contributed by atoms with Crippen molar-refractivity contribution in [2.75, 3.05) is 33.4 Å². The van der Waals surface area contributed by atoms with Crippen molar-refractivity contribution >= 4 is 23.5 Å². The van der Waals surface area contributed by atoms with Crippen LogP contribution in [0.2, 0.25) is 0 Å². The number of unbranched alkanes of at least 4 members (excludes halogenated alkanes) is 15. The molecule has 0 spiro atoms. The molecular weight excluding hydrogens is 534 g/mol. The second kappa shape index (κ2) is 21.9. The summed E-state index contributed by atoms with van der Waals surface area (Å²) in [7, 11) is 2.16. The molecule has 0 amide bonds. The van der Waals surface area contributed by atoms with E-state index in [0.29, 0.717) is 23.6 Å². The molecule has 2 rings (SSSR count). The Labute approximate surface area is 255 Å². The maximum atomic E-state index is 12.6. The quantitative estimate of drug-likeness (QED) is 0.0674. The molecule has 2 unspecified atom stereocenters. The zero-order valence-corrected chi connectivity index (χ0v) is 27.6. The summed E-state index contributed by atoms with van der Waals surface area (Å²) < 4.78 is 26.9. The largest absolute Gasteiger partial charge is 0.512 e. The van der Waals surface area contributed by atoms with Crippen LogP contribution in [-0.2, 0) is 9.47 Å². The molecule has 0 aliphatic carbocycles. The Morgan fingerprint density at radius 3 is 2.00 bits per heavy atom. The molecule has 0 aromatic carbocycles. The van der Waals surface area contributed by atoms with Gasteiger partial charge in [0.25, 0.3) is 5.88 Å². The zero-order valence-electron chi connectivity index (χ0n) is 26.8. The molecule has 2 heterocycles. The number of carbonyl (C=O) groups is 1. The van der Waals surface area contributed by atoms with Crippen LogP contribution in [0.3, 0.4) is 0 Å². The van der Waals surface area contributed by atoms with Gasteiger partial charge in [-0.3, -0.25) is 4.48 Å². The van der Waals surface area contributed by atoms with E-state index in [1.807, 2.05) is 0 Å². The Bertz CT molecular complexity index is 846. The van der Waals surface area contributed by atoms with Crippen LogP contribution < -0.4 is 4.74 Å². The molecule has 2 atom stereocenters. The topological polar surface area (TPSA) is 70.5 Å². The highest BCUT2D eigenvalue weighted by molar-refractivity contribution is 6.99. The van der Waals surface area contributed by atoms with Crippen LogP contribution >= 0.6 is 11.7 Å². The van der Waals surface area contributed by atoms with Gasteiger partial charge in [0, 0.05) is 18.4 Å². The van der Waals surface area contributed by atoms with Crippen molar-refractivity contribution in [1.82, 2.24) is 8.75 Å². The van der Waals surface area contributed by atoms with Gasteiger partial charge in [0.1, 0.15) is 12.2 Å². The molecule has 0 bridgehead atoms. The Morgan fingerprint density at radius 2 is 1.39 bits per heavy atom. The van der Waals surface area contributed by atoms with E-state index in [4.69, 9.17) is 14.2 Å². The normalized spacial score (nSPS) is 17.7. The monoisotopic (exact) mass is 594 g/mol. The van der Waals surface area contributed by atoms with Crippen LogP contribution in [0.15, 0.2) is 6.08 Å². The molecule has 1 aliphatic rings. The van der Waals surface area contributed by atoms with Gasteiger partial charge in [0.15, 0.2) is 0 Å². The predicted molar refractivity (Wildman–Crippen MR) is 170 cm³/mol. The summed E-state index contributed by atoms with van der Waals surface area (Å²) in [5.41, 5.74) is 1.97. The average molecular weight is 595 g/mol. The fraction of sp³-hybridized carbons (Fsp3) is 0.848. The van der Waals surface area contributed by atoms with E-state index in [1.165, 1.54) is 102 Å². The van der Waals surface area contributed by atoms with Gasteiger partial charge >= 0.3 is 6.16 Å². The van der Waals surface area contributed by atoms with E-state index in [0.717, 1.165) is 56.5 Å². The summed E-state index contributed by atoms with van der Waals surface area (Å²) in [6, 6.07) is 0. The molecule has 0 fully saturated rings. The molecule has 0 saturated heterocycles. The van der Waals surface area contributed by atoms with Gasteiger partial charge in [-0.2, -0.15) is 4.37 Å². The number of nitrogens with zero attached hydrogens (tertiary/aromatic N) is 3. The van der Waals surface area contributed by atoms with E-state index in [1.54, 1.807) is 0 Å². The second-order valence-corrected chi connectivity index (χ2v) is 12.6. The van der Waals surface area contributed by atoms with Gasteiger partial charge in [-0.15, -0.1) is 4.37 Å². The van der Waals surface area contributed by atoms with Gasteiger partial charge < -0.3 is 14.2 Å². The summed E-state index contributed by atoms with van der Waals surface area (Å²) in [6.45, 7) is 9.29. The summed E-state index contributed by atoms with van der Waals surface area (Å²) in [5, 5.41) is 0. The molecule has 236 valence electrons. The van der Waals surface area contributed by atoms with E-state index in [2.05, 4.69) is 42.6 Å². The van der Waals surface area contributed by atoms with Crippen LogP contribution in [0.4, 0.5) is 4.79 Å². The third-order valence-corrected chi connectivity index (χ3v) is 8.82. The average Bonchev–Trinajstić information content (AvgIpc) is 3.44. The van der Waals surface area contributed by atoms with E-state index in [9.17, 15) is 4.79 Å². The molecule has 0 saturated carbocycles. The fourth-order valence-electron chi connectivity index (χ4n) is 5.72. The van der Waals surface area contributed by atoms with E-state index < -0.39 is 6.16 Å². The predicted octanol–water partition coefficient (Wildman–Crippen LogP) is 9.71. The first-order valence-corrected chi connectivity index (χ1v) is 17.6. The minimum atomic E-state index is -0.544. The molecule has 1 aromatic heterocycles. The first-order chi connectivity index (χ1) is 20.0. The Morgan fingerprint density at radius 1 is 0.829 bits per heavy atom. The number of likely N-dealkylation sites (N-methyl/N-ethyl adjacent to an activating group) is 1. The van der Waals surface area contributed by atoms with Gasteiger partial charge in [-0.1, -0.05) is 123 Å². The number of hydrogen-bond acceptors (Lipinski definition) is 7. The van der Waals surface area contributed by atoms with Gasteiger partial charge in [0.05, 0.1) is 38.5 Å². The lowest BCUT2D eigenvalue weighted by molar-refractivity contribution is -0.947. The van der Waals surface area contributed by atoms with Gasteiger partial charge in [-0.05, 0) is 12.8 Å². The highest BCUT2D eigenvalue weighted by Gasteiger charge is 2.38. The SMILES string of the molecule is CCCCCCCCCCCCCCCOC(=O)OC(CC)[N+]1(C)CCC=C(c2nsnc2OCCCCCC)C1. The highest BCUT2D eigenvalue weighted by Crippen LogP contribution is 2.32. The van der Waals surface area contributed by atoms with Crippen molar-refractivity contribution in [3.05, 3.63) is 11.8 Å². The van der Waals surface area contributed by atoms with Crippen molar-refractivity contribution in [2.45, 2.75) is 149 Å². The van der Waals surface area contributed by atoms with Crippen LogP contribution in [-0.4, -0.2) is 59.0 Å². The molecule has 1 aromatic rings. The molecule has 0 radical (unpaired) electrons. The number of rotatable bonds is 24. The van der Waals surface area contributed by atoms with Crippen LogP contribution in [0.5, 0.6) is 5.88 Å². The maximum Gasteiger partial charge on any atom is 0.512 e. The number of hydrogen-bond donors (Lipinski definition) is 0. The maximum absolute atomic E-state index is 12.6. The number of aromatic nitrogens is 2. The number of ether oxygens (including phenoxy) is 3. The van der Waals surface area contributed by atoms with Crippen LogP contribution in [0.1, 0.15) is 148 Å². The third kappa shape index (κ3) is 14.4.